The number of nitrogens with zero attached hydrogens (tertiary/aromatic N) is 2. The number of nitrogens with two attached hydrogens (primary N) is 1. The molecule has 1 aliphatic heterocycles. The SMILES string of the molecule is CC(CN)CCC(=O)NN1CCN(C)CC1. The van der Waals surface area contributed by atoms with Gasteiger partial charge in [0.05, 0.1) is 0 Å². The molecule has 1 aliphatic rings. The van der Waals surface area contributed by atoms with E-state index in [0.29, 0.717) is 18.9 Å². The van der Waals surface area contributed by atoms with Crippen LogP contribution < -0.4 is 11.2 Å². The van der Waals surface area contributed by atoms with Crippen LogP contribution in [0.25, 0.3) is 0 Å². The first-order valence-electron chi connectivity index (χ1n) is 6.05. The summed E-state index contributed by atoms with van der Waals surface area (Å²) in [6.07, 6.45) is 1.45. The van der Waals surface area contributed by atoms with E-state index in [1.807, 2.05) is 5.01 Å². The van der Waals surface area contributed by atoms with Gasteiger partial charge in [-0.3, -0.25) is 10.2 Å². The van der Waals surface area contributed by atoms with Crippen LogP contribution in [-0.4, -0.2) is 55.6 Å². The number of carbonyl (C=O) groups excluding carboxylic acids is 1. The molecule has 0 radical (unpaired) electrons. The first kappa shape index (κ1) is 13.4. The summed E-state index contributed by atoms with van der Waals surface area (Å²) < 4.78 is 0. The first-order chi connectivity index (χ1) is 7.61. The van der Waals surface area contributed by atoms with Crippen molar-refractivity contribution in [1.82, 2.24) is 15.3 Å². The lowest BCUT2D eigenvalue weighted by atomic mass is 10.1. The largest absolute Gasteiger partial charge is 0.330 e. The van der Waals surface area contributed by atoms with Gasteiger partial charge >= 0.3 is 0 Å². The molecule has 16 heavy (non-hydrogen) atoms. The van der Waals surface area contributed by atoms with E-state index in [9.17, 15) is 4.79 Å². The molecule has 0 aromatic carbocycles. The van der Waals surface area contributed by atoms with E-state index in [1.54, 1.807) is 0 Å². The van der Waals surface area contributed by atoms with E-state index in [1.165, 1.54) is 0 Å². The fraction of sp³-hybridized carbons (Fsp3) is 0.909. The summed E-state index contributed by atoms with van der Waals surface area (Å²) in [6.45, 7) is 6.58. The summed E-state index contributed by atoms with van der Waals surface area (Å²) in [7, 11) is 2.10. The second-order valence-electron chi connectivity index (χ2n) is 4.70. The number of carbonyl (C=O) groups is 1. The quantitative estimate of drug-likeness (QED) is 0.674. The monoisotopic (exact) mass is 228 g/mol. The third kappa shape index (κ3) is 4.92. The van der Waals surface area contributed by atoms with E-state index in [4.69, 9.17) is 5.73 Å². The topological polar surface area (TPSA) is 61.6 Å². The Balaban J connectivity index is 2.14. The molecule has 5 heteroatoms. The lowest BCUT2D eigenvalue weighted by Gasteiger charge is -2.32. The molecule has 1 unspecified atom stereocenters. The third-order valence-corrected chi connectivity index (χ3v) is 3.05. The summed E-state index contributed by atoms with van der Waals surface area (Å²) >= 11 is 0. The molecular weight excluding hydrogens is 204 g/mol. The fourth-order valence-corrected chi connectivity index (χ4v) is 1.65. The van der Waals surface area contributed by atoms with Gasteiger partial charge in [-0.05, 0) is 25.9 Å². The molecule has 5 nitrogen and oxygen atoms in total. The average Bonchev–Trinajstić information content (AvgIpc) is 2.29. The van der Waals surface area contributed by atoms with Crippen LogP contribution in [-0.2, 0) is 4.79 Å². The minimum absolute atomic E-state index is 0.116. The molecule has 1 amide bonds. The van der Waals surface area contributed by atoms with Crippen LogP contribution in [0.5, 0.6) is 0 Å². The van der Waals surface area contributed by atoms with Gasteiger partial charge in [-0.15, -0.1) is 0 Å². The van der Waals surface area contributed by atoms with Crippen LogP contribution in [0, 0.1) is 5.92 Å². The molecule has 0 bridgehead atoms. The van der Waals surface area contributed by atoms with Gasteiger partial charge in [0.1, 0.15) is 0 Å². The highest BCUT2D eigenvalue weighted by atomic mass is 16.2. The van der Waals surface area contributed by atoms with Crippen molar-refractivity contribution in [3.05, 3.63) is 0 Å². The number of likely N-dealkylation sites (N-methyl/N-ethyl adjacent to an activating group) is 1. The number of hydrogen-bond acceptors (Lipinski definition) is 4. The Bertz CT molecular complexity index is 214. The minimum atomic E-state index is 0.116. The summed E-state index contributed by atoms with van der Waals surface area (Å²) in [4.78, 5) is 13.9. The Morgan fingerprint density at radius 1 is 1.38 bits per heavy atom. The molecule has 0 aromatic rings. The van der Waals surface area contributed by atoms with Gasteiger partial charge in [0.2, 0.25) is 5.91 Å². The van der Waals surface area contributed by atoms with Crippen molar-refractivity contribution >= 4 is 5.91 Å². The van der Waals surface area contributed by atoms with Crippen LogP contribution in [0.1, 0.15) is 19.8 Å². The number of amides is 1. The maximum atomic E-state index is 11.6. The third-order valence-electron chi connectivity index (χ3n) is 3.05. The lowest BCUT2D eigenvalue weighted by Crippen LogP contribution is -2.52. The first-order valence-corrected chi connectivity index (χ1v) is 6.05. The predicted molar refractivity (Wildman–Crippen MR) is 64.7 cm³/mol. The Hall–Kier alpha value is -0.650. The number of rotatable bonds is 5. The van der Waals surface area contributed by atoms with Gasteiger partial charge in [-0.25, -0.2) is 5.01 Å². The Morgan fingerprint density at radius 3 is 2.56 bits per heavy atom. The zero-order chi connectivity index (χ0) is 12.0. The van der Waals surface area contributed by atoms with Crippen molar-refractivity contribution in [3.63, 3.8) is 0 Å². The van der Waals surface area contributed by atoms with Crippen LogP contribution in [0.4, 0.5) is 0 Å². The van der Waals surface area contributed by atoms with E-state index in [-0.39, 0.29) is 5.91 Å². The van der Waals surface area contributed by atoms with Crippen molar-refractivity contribution in [3.8, 4) is 0 Å². The second-order valence-corrected chi connectivity index (χ2v) is 4.70. The summed E-state index contributed by atoms with van der Waals surface area (Å²) in [5.74, 6) is 0.545. The number of hydrazine groups is 1. The molecule has 1 heterocycles. The minimum Gasteiger partial charge on any atom is -0.330 e. The molecule has 1 atom stereocenters. The Morgan fingerprint density at radius 2 is 2.00 bits per heavy atom. The molecule has 0 aromatic heterocycles. The van der Waals surface area contributed by atoms with Crippen molar-refractivity contribution < 1.29 is 4.79 Å². The van der Waals surface area contributed by atoms with Crippen molar-refractivity contribution in [2.24, 2.45) is 11.7 Å². The Kier molecular flexibility index (Phi) is 5.73. The average molecular weight is 228 g/mol. The van der Waals surface area contributed by atoms with Gasteiger partial charge in [0.15, 0.2) is 0 Å². The second kappa shape index (κ2) is 6.83. The Labute approximate surface area is 97.9 Å². The molecule has 94 valence electrons. The number of hydrogen-bond donors (Lipinski definition) is 2. The highest BCUT2D eigenvalue weighted by Gasteiger charge is 2.15. The highest BCUT2D eigenvalue weighted by molar-refractivity contribution is 5.75. The highest BCUT2D eigenvalue weighted by Crippen LogP contribution is 2.03. The van der Waals surface area contributed by atoms with Crippen LogP contribution >= 0.6 is 0 Å². The van der Waals surface area contributed by atoms with Gasteiger partial charge in [-0.1, -0.05) is 6.92 Å². The normalized spacial score (nSPS) is 20.7. The van der Waals surface area contributed by atoms with Gasteiger partial charge < -0.3 is 10.6 Å². The maximum Gasteiger partial charge on any atom is 0.234 e. The molecule has 1 rings (SSSR count). The van der Waals surface area contributed by atoms with Gasteiger partial charge in [0, 0.05) is 32.6 Å². The van der Waals surface area contributed by atoms with Crippen LogP contribution in [0.2, 0.25) is 0 Å². The van der Waals surface area contributed by atoms with Crippen molar-refractivity contribution in [2.75, 3.05) is 39.8 Å². The molecule has 0 saturated carbocycles. The smallest absolute Gasteiger partial charge is 0.234 e. The number of piperazine rings is 1. The maximum absolute atomic E-state index is 11.6. The molecule has 1 saturated heterocycles. The van der Waals surface area contributed by atoms with Gasteiger partial charge in [0.25, 0.3) is 0 Å². The van der Waals surface area contributed by atoms with E-state index in [2.05, 4.69) is 24.3 Å². The van der Waals surface area contributed by atoms with Crippen molar-refractivity contribution in [2.45, 2.75) is 19.8 Å². The van der Waals surface area contributed by atoms with Crippen LogP contribution in [0.3, 0.4) is 0 Å². The van der Waals surface area contributed by atoms with Crippen molar-refractivity contribution in [1.29, 1.82) is 0 Å². The summed E-state index contributed by atoms with van der Waals surface area (Å²) in [5.41, 5.74) is 8.46. The molecule has 3 N–H and O–H groups in total. The number of nitrogens with one attached hydrogen (secondary N) is 1. The standard InChI is InChI=1S/C11H24N4O/c1-10(9-12)3-4-11(16)13-15-7-5-14(2)6-8-15/h10H,3-9,12H2,1-2H3,(H,13,16). The van der Waals surface area contributed by atoms with E-state index < -0.39 is 0 Å². The van der Waals surface area contributed by atoms with E-state index in [0.717, 1.165) is 32.6 Å². The molecule has 0 aliphatic carbocycles. The summed E-state index contributed by atoms with van der Waals surface area (Å²) in [5, 5.41) is 2.01. The molecular formula is C11H24N4O. The van der Waals surface area contributed by atoms with E-state index >= 15 is 0 Å². The predicted octanol–water partition coefficient (Wildman–Crippen LogP) is -0.360. The zero-order valence-corrected chi connectivity index (χ0v) is 10.4. The zero-order valence-electron chi connectivity index (χ0n) is 10.4. The fourth-order valence-electron chi connectivity index (χ4n) is 1.65. The van der Waals surface area contributed by atoms with Crippen LogP contribution in [0.15, 0.2) is 0 Å². The summed E-state index contributed by atoms with van der Waals surface area (Å²) in [6, 6.07) is 0. The molecule has 0 spiro atoms. The lowest BCUT2D eigenvalue weighted by molar-refractivity contribution is -0.127. The molecule has 1 fully saturated rings. The van der Waals surface area contributed by atoms with Gasteiger partial charge in [-0.2, -0.15) is 0 Å².